The van der Waals surface area contributed by atoms with Crippen molar-refractivity contribution < 1.29 is 4.79 Å². The molecule has 2 N–H and O–H groups in total. The standard InChI is InChI=1S/C9H18N2O/c1-9(2)6-4-5-7(10-3)8(12)11-9/h7,10H,4-6H2,1-3H3,(H,11,12). The third kappa shape index (κ3) is 2.21. The number of amides is 1. The van der Waals surface area contributed by atoms with E-state index in [-0.39, 0.29) is 17.5 Å². The maximum Gasteiger partial charge on any atom is 0.237 e. The molecule has 0 radical (unpaired) electrons. The van der Waals surface area contributed by atoms with Crippen LogP contribution in [0.2, 0.25) is 0 Å². The van der Waals surface area contributed by atoms with Crippen molar-refractivity contribution in [3.8, 4) is 0 Å². The van der Waals surface area contributed by atoms with Crippen LogP contribution in [0, 0.1) is 0 Å². The van der Waals surface area contributed by atoms with Gasteiger partial charge >= 0.3 is 0 Å². The van der Waals surface area contributed by atoms with E-state index in [1.54, 1.807) is 0 Å². The molecule has 1 heterocycles. The largest absolute Gasteiger partial charge is 0.350 e. The molecular weight excluding hydrogens is 152 g/mol. The summed E-state index contributed by atoms with van der Waals surface area (Å²) in [6.45, 7) is 4.14. The van der Waals surface area contributed by atoms with Gasteiger partial charge in [-0.15, -0.1) is 0 Å². The van der Waals surface area contributed by atoms with Crippen LogP contribution in [0.4, 0.5) is 0 Å². The topological polar surface area (TPSA) is 41.1 Å². The Bertz CT molecular complexity index is 177. The lowest BCUT2D eigenvalue weighted by atomic mass is 9.99. The van der Waals surface area contributed by atoms with Crippen LogP contribution < -0.4 is 10.6 Å². The highest BCUT2D eigenvalue weighted by atomic mass is 16.2. The summed E-state index contributed by atoms with van der Waals surface area (Å²) < 4.78 is 0. The maximum atomic E-state index is 11.5. The first-order chi connectivity index (χ1) is 5.55. The lowest BCUT2D eigenvalue weighted by Gasteiger charge is -2.24. The lowest BCUT2D eigenvalue weighted by Crippen LogP contribution is -2.48. The molecule has 0 saturated carbocycles. The van der Waals surface area contributed by atoms with Gasteiger partial charge in [0.1, 0.15) is 0 Å². The van der Waals surface area contributed by atoms with Crippen molar-refractivity contribution in [3.63, 3.8) is 0 Å². The average Bonchev–Trinajstić information content (AvgIpc) is 2.07. The molecule has 70 valence electrons. The third-order valence-electron chi connectivity index (χ3n) is 2.42. The van der Waals surface area contributed by atoms with Crippen molar-refractivity contribution in [1.29, 1.82) is 0 Å². The van der Waals surface area contributed by atoms with Crippen LogP contribution in [-0.2, 0) is 4.79 Å². The summed E-state index contributed by atoms with van der Waals surface area (Å²) in [4.78, 5) is 11.5. The highest BCUT2D eigenvalue weighted by molar-refractivity contribution is 5.82. The van der Waals surface area contributed by atoms with E-state index in [1.807, 2.05) is 7.05 Å². The number of hydrogen-bond donors (Lipinski definition) is 2. The van der Waals surface area contributed by atoms with E-state index in [2.05, 4.69) is 24.5 Å². The van der Waals surface area contributed by atoms with Crippen molar-refractivity contribution in [2.24, 2.45) is 0 Å². The van der Waals surface area contributed by atoms with E-state index in [4.69, 9.17) is 0 Å². The molecule has 1 aliphatic heterocycles. The van der Waals surface area contributed by atoms with E-state index in [1.165, 1.54) is 0 Å². The van der Waals surface area contributed by atoms with E-state index in [0.29, 0.717) is 0 Å². The van der Waals surface area contributed by atoms with Gasteiger partial charge in [0, 0.05) is 5.54 Å². The van der Waals surface area contributed by atoms with E-state index in [9.17, 15) is 4.79 Å². The molecule has 1 unspecified atom stereocenters. The summed E-state index contributed by atoms with van der Waals surface area (Å²) in [6.07, 6.45) is 3.12. The molecule has 1 saturated heterocycles. The van der Waals surface area contributed by atoms with Crippen LogP contribution >= 0.6 is 0 Å². The zero-order valence-corrected chi connectivity index (χ0v) is 8.11. The first-order valence-corrected chi connectivity index (χ1v) is 4.54. The summed E-state index contributed by atoms with van der Waals surface area (Å²) in [7, 11) is 1.84. The predicted molar refractivity (Wildman–Crippen MR) is 48.9 cm³/mol. The molecule has 3 heteroatoms. The Morgan fingerprint density at radius 1 is 1.58 bits per heavy atom. The molecule has 0 aromatic rings. The number of carbonyl (C=O) groups excluding carboxylic acids is 1. The molecule has 3 nitrogen and oxygen atoms in total. The van der Waals surface area contributed by atoms with Gasteiger partial charge in [-0.3, -0.25) is 4.79 Å². The minimum absolute atomic E-state index is 0.00627. The Morgan fingerprint density at radius 3 is 2.83 bits per heavy atom. The lowest BCUT2D eigenvalue weighted by molar-refractivity contribution is -0.124. The molecule has 0 bridgehead atoms. The van der Waals surface area contributed by atoms with Crippen molar-refractivity contribution in [3.05, 3.63) is 0 Å². The fourth-order valence-corrected chi connectivity index (χ4v) is 1.64. The first-order valence-electron chi connectivity index (χ1n) is 4.54. The number of carbonyl (C=O) groups is 1. The highest BCUT2D eigenvalue weighted by Gasteiger charge is 2.28. The van der Waals surface area contributed by atoms with Gasteiger partial charge in [0.15, 0.2) is 0 Å². The van der Waals surface area contributed by atoms with Crippen LogP contribution in [0.1, 0.15) is 33.1 Å². The Morgan fingerprint density at radius 2 is 2.25 bits per heavy atom. The quantitative estimate of drug-likeness (QED) is 0.607. The molecule has 0 spiro atoms. The van der Waals surface area contributed by atoms with Crippen LogP contribution in [0.25, 0.3) is 0 Å². The molecule has 0 aromatic carbocycles. The summed E-state index contributed by atoms with van der Waals surface area (Å²) in [5.74, 6) is 0.139. The van der Waals surface area contributed by atoms with E-state index < -0.39 is 0 Å². The normalized spacial score (nSPS) is 29.2. The van der Waals surface area contributed by atoms with Crippen LogP contribution in [0.5, 0.6) is 0 Å². The summed E-state index contributed by atoms with van der Waals surface area (Å²) in [5.41, 5.74) is -0.0251. The van der Waals surface area contributed by atoms with Gasteiger partial charge in [-0.2, -0.15) is 0 Å². The Kier molecular flexibility index (Phi) is 2.73. The molecular formula is C9H18N2O. The zero-order chi connectivity index (χ0) is 9.19. The Hall–Kier alpha value is -0.570. The van der Waals surface area contributed by atoms with Crippen LogP contribution in [0.15, 0.2) is 0 Å². The van der Waals surface area contributed by atoms with Crippen LogP contribution in [0.3, 0.4) is 0 Å². The summed E-state index contributed by atoms with van der Waals surface area (Å²) in [5, 5.41) is 6.04. The minimum atomic E-state index is -0.0251. The first kappa shape index (κ1) is 9.52. The average molecular weight is 170 g/mol. The van der Waals surface area contributed by atoms with Gasteiger partial charge in [-0.05, 0) is 40.2 Å². The van der Waals surface area contributed by atoms with Crippen molar-refractivity contribution in [1.82, 2.24) is 10.6 Å². The fraction of sp³-hybridized carbons (Fsp3) is 0.889. The molecule has 0 aromatic heterocycles. The molecule has 1 atom stereocenters. The number of hydrogen-bond acceptors (Lipinski definition) is 2. The second-order valence-electron chi connectivity index (χ2n) is 4.11. The molecule has 12 heavy (non-hydrogen) atoms. The Labute approximate surface area is 73.9 Å². The van der Waals surface area contributed by atoms with Crippen LogP contribution in [-0.4, -0.2) is 24.5 Å². The number of nitrogens with one attached hydrogen (secondary N) is 2. The van der Waals surface area contributed by atoms with Gasteiger partial charge in [-0.25, -0.2) is 0 Å². The van der Waals surface area contributed by atoms with Crippen molar-refractivity contribution in [2.45, 2.75) is 44.7 Å². The second kappa shape index (κ2) is 3.44. The van der Waals surface area contributed by atoms with Gasteiger partial charge in [0.05, 0.1) is 6.04 Å². The second-order valence-corrected chi connectivity index (χ2v) is 4.11. The third-order valence-corrected chi connectivity index (χ3v) is 2.42. The van der Waals surface area contributed by atoms with Crippen molar-refractivity contribution >= 4 is 5.91 Å². The Balaban J connectivity index is 2.62. The minimum Gasteiger partial charge on any atom is -0.350 e. The molecule has 1 amide bonds. The number of rotatable bonds is 1. The maximum absolute atomic E-state index is 11.5. The predicted octanol–water partition coefficient (Wildman–Crippen LogP) is 0.653. The van der Waals surface area contributed by atoms with E-state index in [0.717, 1.165) is 19.3 Å². The molecule has 1 aliphatic rings. The van der Waals surface area contributed by atoms with Gasteiger partial charge in [0.2, 0.25) is 5.91 Å². The summed E-state index contributed by atoms with van der Waals surface area (Å²) in [6, 6.07) is 0.00627. The zero-order valence-electron chi connectivity index (χ0n) is 8.11. The smallest absolute Gasteiger partial charge is 0.237 e. The SMILES string of the molecule is CNC1CCCC(C)(C)NC1=O. The van der Waals surface area contributed by atoms with Gasteiger partial charge in [0.25, 0.3) is 0 Å². The monoisotopic (exact) mass is 170 g/mol. The fourth-order valence-electron chi connectivity index (χ4n) is 1.64. The summed E-state index contributed by atoms with van der Waals surface area (Å²) >= 11 is 0. The molecule has 1 fully saturated rings. The van der Waals surface area contributed by atoms with E-state index >= 15 is 0 Å². The van der Waals surface area contributed by atoms with Gasteiger partial charge < -0.3 is 10.6 Å². The molecule has 1 rings (SSSR count). The van der Waals surface area contributed by atoms with Gasteiger partial charge in [-0.1, -0.05) is 0 Å². The van der Waals surface area contributed by atoms with Crippen molar-refractivity contribution in [2.75, 3.05) is 7.05 Å². The molecule has 0 aliphatic carbocycles. The number of likely N-dealkylation sites (N-methyl/N-ethyl adjacent to an activating group) is 1. The highest BCUT2D eigenvalue weighted by Crippen LogP contribution is 2.18.